The fourth-order valence-corrected chi connectivity index (χ4v) is 3.26. The van der Waals surface area contributed by atoms with E-state index >= 15 is 0 Å². The molecular formula is C16H14N2O2S. The number of amides is 2. The average Bonchev–Trinajstić information content (AvgIpc) is 2.99. The van der Waals surface area contributed by atoms with E-state index in [2.05, 4.69) is 5.32 Å². The van der Waals surface area contributed by atoms with Crippen LogP contribution in [0.5, 0.6) is 5.75 Å². The van der Waals surface area contributed by atoms with E-state index in [1.54, 1.807) is 6.07 Å². The van der Waals surface area contributed by atoms with Gasteiger partial charge in [0.25, 0.3) is 0 Å². The summed E-state index contributed by atoms with van der Waals surface area (Å²) < 4.78 is 0. The molecule has 5 heteroatoms. The quantitative estimate of drug-likeness (QED) is 0.693. The van der Waals surface area contributed by atoms with Crippen molar-refractivity contribution in [2.75, 3.05) is 0 Å². The lowest BCUT2D eigenvalue weighted by Crippen LogP contribution is -2.33. The summed E-state index contributed by atoms with van der Waals surface area (Å²) in [6.45, 7) is 0. The number of phenolic OH excluding ortho intramolecular Hbond substituents is 1. The highest BCUT2D eigenvalue weighted by molar-refractivity contribution is 7.10. The summed E-state index contributed by atoms with van der Waals surface area (Å²) in [6.07, 6.45) is 0. The number of phenols is 1. The van der Waals surface area contributed by atoms with E-state index in [-0.39, 0.29) is 5.75 Å². The molecule has 21 heavy (non-hydrogen) atoms. The number of fused-ring (bicyclic) bond motifs is 1. The molecule has 0 saturated carbocycles. The van der Waals surface area contributed by atoms with Gasteiger partial charge in [0.2, 0.25) is 0 Å². The molecule has 0 aliphatic carbocycles. The molecule has 0 aliphatic heterocycles. The topological polar surface area (TPSA) is 75.4 Å². The van der Waals surface area contributed by atoms with Gasteiger partial charge in [-0.3, -0.25) is 0 Å². The van der Waals surface area contributed by atoms with Crippen LogP contribution in [0.15, 0.2) is 53.9 Å². The summed E-state index contributed by atoms with van der Waals surface area (Å²) in [4.78, 5) is 12.3. The second-order valence-electron chi connectivity index (χ2n) is 4.68. The first kappa shape index (κ1) is 13.5. The number of hydrogen-bond donors (Lipinski definition) is 3. The Balaban J connectivity index is 2.23. The van der Waals surface area contributed by atoms with Crippen molar-refractivity contribution in [1.29, 1.82) is 0 Å². The summed E-state index contributed by atoms with van der Waals surface area (Å²) in [5, 5.41) is 16.8. The molecule has 0 bridgehead atoms. The maximum absolute atomic E-state index is 11.4. The van der Waals surface area contributed by atoms with E-state index in [1.807, 2.05) is 47.8 Å². The number of hydrogen-bond acceptors (Lipinski definition) is 3. The molecule has 4 N–H and O–H groups in total. The normalized spacial score (nSPS) is 12.2. The number of benzene rings is 2. The number of rotatable bonds is 3. The zero-order valence-electron chi connectivity index (χ0n) is 11.1. The number of urea groups is 1. The van der Waals surface area contributed by atoms with Gasteiger partial charge in [0.15, 0.2) is 0 Å². The Hall–Kier alpha value is -2.53. The van der Waals surface area contributed by atoms with Crippen molar-refractivity contribution < 1.29 is 9.90 Å². The Morgan fingerprint density at radius 3 is 2.67 bits per heavy atom. The number of nitrogens with one attached hydrogen (secondary N) is 1. The van der Waals surface area contributed by atoms with Crippen LogP contribution in [0.2, 0.25) is 0 Å². The van der Waals surface area contributed by atoms with Gasteiger partial charge in [-0.05, 0) is 28.3 Å². The van der Waals surface area contributed by atoms with Crippen molar-refractivity contribution in [3.8, 4) is 5.75 Å². The number of carbonyl (C=O) groups is 1. The minimum Gasteiger partial charge on any atom is -0.508 e. The van der Waals surface area contributed by atoms with E-state index in [4.69, 9.17) is 5.73 Å². The minimum atomic E-state index is -0.624. The van der Waals surface area contributed by atoms with Gasteiger partial charge in [0.05, 0.1) is 6.04 Å². The lowest BCUT2D eigenvalue weighted by Gasteiger charge is -2.20. The first-order valence-electron chi connectivity index (χ1n) is 6.47. The Kier molecular flexibility index (Phi) is 3.50. The van der Waals surface area contributed by atoms with E-state index in [0.29, 0.717) is 5.56 Å². The van der Waals surface area contributed by atoms with Crippen LogP contribution in [-0.2, 0) is 0 Å². The Morgan fingerprint density at radius 2 is 1.95 bits per heavy atom. The van der Waals surface area contributed by atoms with Gasteiger partial charge in [0, 0.05) is 10.4 Å². The zero-order valence-corrected chi connectivity index (χ0v) is 11.9. The van der Waals surface area contributed by atoms with E-state index in [0.717, 1.165) is 15.6 Å². The van der Waals surface area contributed by atoms with Crippen molar-refractivity contribution in [3.63, 3.8) is 0 Å². The lowest BCUT2D eigenvalue weighted by atomic mass is 9.96. The van der Waals surface area contributed by atoms with Gasteiger partial charge >= 0.3 is 6.03 Å². The molecule has 2 aromatic carbocycles. The van der Waals surface area contributed by atoms with Gasteiger partial charge in [-0.2, -0.15) is 0 Å². The largest absolute Gasteiger partial charge is 0.508 e. The molecule has 1 heterocycles. The average molecular weight is 298 g/mol. The maximum Gasteiger partial charge on any atom is 0.312 e. The van der Waals surface area contributed by atoms with Crippen molar-refractivity contribution in [3.05, 3.63) is 64.4 Å². The van der Waals surface area contributed by atoms with E-state index in [9.17, 15) is 9.90 Å². The van der Waals surface area contributed by atoms with Crippen LogP contribution < -0.4 is 11.1 Å². The minimum absolute atomic E-state index is 0.140. The molecule has 106 valence electrons. The number of carbonyl (C=O) groups excluding carboxylic acids is 1. The second-order valence-corrected chi connectivity index (χ2v) is 5.66. The predicted molar refractivity (Wildman–Crippen MR) is 84.5 cm³/mol. The van der Waals surface area contributed by atoms with Gasteiger partial charge in [-0.1, -0.05) is 36.4 Å². The molecule has 0 aliphatic rings. The SMILES string of the molecule is NC(=O)NC(c1cccs1)c1c(O)ccc2ccccc12. The molecule has 0 fully saturated rings. The maximum atomic E-state index is 11.4. The van der Waals surface area contributed by atoms with Gasteiger partial charge in [-0.15, -0.1) is 11.3 Å². The summed E-state index contributed by atoms with van der Waals surface area (Å²) in [5.74, 6) is 0.140. The van der Waals surface area contributed by atoms with Crippen LogP contribution in [0, 0.1) is 0 Å². The highest BCUT2D eigenvalue weighted by atomic mass is 32.1. The van der Waals surface area contributed by atoms with Crippen LogP contribution in [0.1, 0.15) is 16.5 Å². The van der Waals surface area contributed by atoms with E-state index < -0.39 is 12.1 Å². The zero-order chi connectivity index (χ0) is 14.8. The fourth-order valence-electron chi connectivity index (χ4n) is 2.47. The second kappa shape index (κ2) is 5.46. The molecule has 0 spiro atoms. The van der Waals surface area contributed by atoms with Gasteiger partial charge in [-0.25, -0.2) is 4.79 Å². The van der Waals surface area contributed by atoms with Crippen LogP contribution in [0.4, 0.5) is 4.79 Å². The third kappa shape index (κ3) is 2.55. The smallest absolute Gasteiger partial charge is 0.312 e. The Labute approximate surface area is 125 Å². The predicted octanol–water partition coefficient (Wildman–Crippen LogP) is 3.36. The van der Waals surface area contributed by atoms with Gasteiger partial charge < -0.3 is 16.2 Å². The summed E-state index contributed by atoms with van der Waals surface area (Å²) in [6, 6.07) is 13.9. The van der Waals surface area contributed by atoms with Crippen LogP contribution >= 0.6 is 11.3 Å². The van der Waals surface area contributed by atoms with Crippen LogP contribution in [0.25, 0.3) is 10.8 Å². The molecule has 1 unspecified atom stereocenters. The molecule has 3 aromatic rings. The van der Waals surface area contributed by atoms with E-state index in [1.165, 1.54) is 11.3 Å². The van der Waals surface area contributed by atoms with Crippen LogP contribution in [0.3, 0.4) is 0 Å². The van der Waals surface area contributed by atoms with Crippen molar-refractivity contribution >= 4 is 28.1 Å². The number of primary amides is 1. The highest BCUT2D eigenvalue weighted by Gasteiger charge is 2.22. The van der Waals surface area contributed by atoms with Gasteiger partial charge in [0.1, 0.15) is 5.75 Å². The Morgan fingerprint density at radius 1 is 1.14 bits per heavy atom. The third-order valence-electron chi connectivity index (χ3n) is 3.35. The summed E-state index contributed by atoms with van der Waals surface area (Å²) in [7, 11) is 0. The molecular weight excluding hydrogens is 284 g/mol. The summed E-state index contributed by atoms with van der Waals surface area (Å²) >= 11 is 1.50. The summed E-state index contributed by atoms with van der Waals surface area (Å²) in [5.41, 5.74) is 5.97. The third-order valence-corrected chi connectivity index (χ3v) is 4.29. The highest BCUT2D eigenvalue weighted by Crippen LogP contribution is 2.37. The van der Waals surface area contributed by atoms with Crippen molar-refractivity contribution in [1.82, 2.24) is 5.32 Å². The Bertz CT molecular complexity index is 784. The number of nitrogens with two attached hydrogens (primary N) is 1. The first-order valence-corrected chi connectivity index (χ1v) is 7.35. The monoisotopic (exact) mass is 298 g/mol. The molecule has 0 saturated heterocycles. The number of aromatic hydroxyl groups is 1. The molecule has 1 aromatic heterocycles. The van der Waals surface area contributed by atoms with Crippen LogP contribution in [-0.4, -0.2) is 11.1 Å². The molecule has 0 radical (unpaired) electrons. The molecule has 4 nitrogen and oxygen atoms in total. The molecule has 3 rings (SSSR count). The molecule has 2 amide bonds. The van der Waals surface area contributed by atoms with Crippen molar-refractivity contribution in [2.45, 2.75) is 6.04 Å². The molecule has 1 atom stereocenters. The lowest BCUT2D eigenvalue weighted by molar-refractivity contribution is 0.247. The number of thiophene rings is 1. The fraction of sp³-hybridized carbons (Fsp3) is 0.0625. The first-order chi connectivity index (χ1) is 10.2. The van der Waals surface area contributed by atoms with Crippen molar-refractivity contribution in [2.24, 2.45) is 5.73 Å². The standard InChI is InChI=1S/C16H14N2O2S/c17-16(20)18-15(13-6-3-9-21-13)14-11-5-2-1-4-10(11)7-8-12(14)19/h1-9,15,19H,(H3,17,18,20).